The Morgan fingerprint density at radius 1 is 1.45 bits per heavy atom. The lowest BCUT2D eigenvalue weighted by atomic mass is 9.75. The average Bonchev–Trinajstić information content (AvgIpc) is 2.38. The number of hydrogen-bond donors (Lipinski definition) is 1. The quantitative estimate of drug-likeness (QED) is 0.900. The lowest BCUT2D eigenvalue weighted by Gasteiger charge is -2.36. The summed E-state index contributed by atoms with van der Waals surface area (Å²) in [5, 5.41) is 3.58. The van der Waals surface area contributed by atoms with Crippen molar-refractivity contribution in [3.8, 4) is 0 Å². The van der Waals surface area contributed by atoms with Gasteiger partial charge in [0, 0.05) is 32.0 Å². The topological polar surface area (TPSA) is 43.3 Å². The molecular formula is C16H26N2O2. The molecule has 0 saturated heterocycles. The summed E-state index contributed by atoms with van der Waals surface area (Å²) in [7, 11) is 1.65. The van der Waals surface area contributed by atoms with E-state index in [2.05, 4.69) is 19.2 Å². The van der Waals surface area contributed by atoms with E-state index < -0.39 is 0 Å². The van der Waals surface area contributed by atoms with Crippen molar-refractivity contribution in [1.29, 1.82) is 0 Å². The van der Waals surface area contributed by atoms with Crippen molar-refractivity contribution < 1.29 is 4.74 Å². The first-order valence-corrected chi connectivity index (χ1v) is 7.46. The van der Waals surface area contributed by atoms with Gasteiger partial charge in [-0.25, -0.2) is 0 Å². The van der Waals surface area contributed by atoms with Gasteiger partial charge in [-0.15, -0.1) is 0 Å². The van der Waals surface area contributed by atoms with Crippen molar-refractivity contribution in [2.45, 2.75) is 52.1 Å². The molecule has 1 aromatic rings. The summed E-state index contributed by atoms with van der Waals surface area (Å²) in [4.78, 5) is 11.8. The van der Waals surface area contributed by atoms with Crippen molar-refractivity contribution in [2.75, 3.05) is 19.0 Å². The van der Waals surface area contributed by atoms with Crippen LogP contribution < -0.4 is 10.9 Å². The summed E-state index contributed by atoms with van der Waals surface area (Å²) in [6, 6.07) is 4.02. The van der Waals surface area contributed by atoms with Crippen LogP contribution in [0.25, 0.3) is 0 Å². The Kier molecular flexibility index (Phi) is 4.86. The summed E-state index contributed by atoms with van der Waals surface area (Å²) in [6.07, 6.45) is 6.88. The summed E-state index contributed by atoms with van der Waals surface area (Å²) in [6.45, 7) is 5.82. The number of nitrogens with zero attached hydrogens (tertiary/aromatic N) is 1. The molecule has 1 N–H and O–H groups in total. The lowest BCUT2D eigenvalue weighted by Crippen LogP contribution is -2.32. The van der Waals surface area contributed by atoms with Gasteiger partial charge in [-0.1, -0.05) is 20.3 Å². The van der Waals surface area contributed by atoms with Crippen molar-refractivity contribution >= 4 is 5.69 Å². The van der Waals surface area contributed by atoms with Crippen molar-refractivity contribution in [2.24, 2.45) is 5.41 Å². The van der Waals surface area contributed by atoms with Crippen LogP contribution >= 0.6 is 0 Å². The van der Waals surface area contributed by atoms with Gasteiger partial charge in [-0.2, -0.15) is 0 Å². The molecule has 1 aliphatic carbocycles. The fraction of sp³-hybridized carbons (Fsp3) is 0.688. The van der Waals surface area contributed by atoms with E-state index in [0.29, 0.717) is 24.6 Å². The molecule has 4 nitrogen and oxygen atoms in total. The maximum Gasteiger partial charge on any atom is 0.250 e. The monoisotopic (exact) mass is 278 g/mol. The van der Waals surface area contributed by atoms with E-state index in [4.69, 9.17) is 4.74 Å². The summed E-state index contributed by atoms with van der Waals surface area (Å²) in [5.41, 5.74) is 1.47. The molecule has 0 aliphatic heterocycles. The van der Waals surface area contributed by atoms with Gasteiger partial charge < -0.3 is 14.6 Å². The first-order chi connectivity index (χ1) is 9.50. The van der Waals surface area contributed by atoms with Crippen LogP contribution in [0.4, 0.5) is 5.69 Å². The normalized spacial score (nSPS) is 21.6. The minimum absolute atomic E-state index is 0.0246. The van der Waals surface area contributed by atoms with Crippen LogP contribution in [-0.4, -0.2) is 24.3 Å². The van der Waals surface area contributed by atoms with Crippen LogP contribution in [0.2, 0.25) is 0 Å². The lowest BCUT2D eigenvalue weighted by molar-refractivity contribution is 0.186. The van der Waals surface area contributed by atoms with Gasteiger partial charge in [0.25, 0.3) is 5.56 Å². The van der Waals surface area contributed by atoms with Gasteiger partial charge in [-0.05, 0) is 30.7 Å². The van der Waals surface area contributed by atoms with Crippen molar-refractivity contribution in [3.63, 3.8) is 0 Å². The number of aromatic nitrogens is 1. The van der Waals surface area contributed by atoms with Gasteiger partial charge >= 0.3 is 0 Å². The highest BCUT2D eigenvalue weighted by Gasteiger charge is 2.27. The van der Waals surface area contributed by atoms with E-state index in [1.807, 2.05) is 12.3 Å². The second kappa shape index (κ2) is 6.44. The fourth-order valence-corrected chi connectivity index (χ4v) is 3.04. The molecule has 0 bridgehead atoms. The van der Waals surface area contributed by atoms with Crippen LogP contribution in [-0.2, 0) is 11.3 Å². The first kappa shape index (κ1) is 15.1. The zero-order valence-corrected chi connectivity index (χ0v) is 12.8. The van der Waals surface area contributed by atoms with E-state index in [9.17, 15) is 4.79 Å². The fourth-order valence-electron chi connectivity index (χ4n) is 3.04. The number of ether oxygens (including phenoxy) is 1. The molecule has 1 aromatic heterocycles. The average molecular weight is 278 g/mol. The van der Waals surface area contributed by atoms with Gasteiger partial charge in [-0.3, -0.25) is 4.79 Å². The highest BCUT2D eigenvalue weighted by atomic mass is 16.5. The van der Waals surface area contributed by atoms with E-state index in [1.54, 1.807) is 17.7 Å². The van der Waals surface area contributed by atoms with Crippen LogP contribution in [0.15, 0.2) is 23.1 Å². The molecule has 0 radical (unpaired) electrons. The predicted molar refractivity (Wildman–Crippen MR) is 82.2 cm³/mol. The third kappa shape index (κ3) is 4.10. The largest absolute Gasteiger partial charge is 0.383 e. The molecule has 1 saturated carbocycles. The molecule has 20 heavy (non-hydrogen) atoms. The van der Waals surface area contributed by atoms with E-state index in [-0.39, 0.29) is 5.56 Å². The molecular weight excluding hydrogens is 252 g/mol. The summed E-state index contributed by atoms with van der Waals surface area (Å²) in [5.74, 6) is 0. The maximum atomic E-state index is 11.8. The van der Waals surface area contributed by atoms with Crippen LogP contribution in [0.1, 0.15) is 39.5 Å². The van der Waals surface area contributed by atoms with Gasteiger partial charge in [0.05, 0.1) is 12.3 Å². The Balaban J connectivity index is 2.04. The molecule has 112 valence electrons. The van der Waals surface area contributed by atoms with Gasteiger partial charge in [0.15, 0.2) is 0 Å². The zero-order valence-electron chi connectivity index (χ0n) is 12.8. The third-order valence-corrected chi connectivity index (χ3v) is 4.10. The number of pyridine rings is 1. The number of nitrogens with one attached hydrogen (secondary N) is 1. The Hall–Kier alpha value is -1.29. The highest BCUT2D eigenvalue weighted by molar-refractivity contribution is 5.41. The van der Waals surface area contributed by atoms with Crippen molar-refractivity contribution in [1.82, 2.24) is 4.57 Å². The molecule has 4 heteroatoms. The number of anilines is 1. The second-order valence-electron chi connectivity index (χ2n) is 6.54. The number of hydrogen-bond acceptors (Lipinski definition) is 3. The Bertz CT molecular complexity index is 493. The predicted octanol–water partition coefficient (Wildman–Crippen LogP) is 2.88. The molecule has 1 heterocycles. The molecule has 0 spiro atoms. The van der Waals surface area contributed by atoms with E-state index in [1.165, 1.54) is 25.7 Å². The highest BCUT2D eigenvalue weighted by Crippen LogP contribution is 2.36. The maximum absolute atomic E-state index is 11.8. The molecule has 1 unspecified atom stereocenters. The summed E-state index contributed by atoms with van der Waals surface area (Å²) >= 11 is 0. The number of methoxy groups -OCH3 is 1. The van der Waals surface area contributed by atoms with Crippen LogP contribution in [0.5, 0.6) is 0 Å². The standard InChI is InChI=1S/C16H26N2O2/c1-16(2)8-4-5-13(11-16)17-14-6-7-15(19)18(12-14)9-10-20-3/h6-7,12-13,17H,4-5,8-11H2,1-3H3. The number of rotatable bonds is 5. The SMILES string of the molecule is COCCn1cc(NC2CCCC(C)(C)C2)ccc1=O. The van der Waals surface area contributed by atoms with Crippen molar-refractivity contribution in [3.05, 3.63) is 28.7 Å². The van der Waals surface area contributed by atoms with E-state index >= 15 is 0 Å². The Labute approximate surface area is 121 Å². The third-order valence-electron chi connectivity index (χ3n) is 4.10. The minimum atomic E-state index is 0.0246. The van der Waals surface area contributed by atoms with Crippen LogP contribution in [0.3, 0.4) is 0 Å². The molecule has 2 rings (SSSR count). The zero-order chi connectivity index (χ0) is 14.6. The molecule has 1 fully saturated rings. The minimum Gasteiger partial charge on any atom is -0.383 e. The van der Waals surface area contributed by atoms with E-state index in [0.717, 1.165) is 5.69 Å². The van der Waals surface area contributed by atoms with Gasteiger partial charge in [0.1, 0.15) is 0 Å². The molecule has 0 aromatic carbocycles. The molecule has 0 amide bonds. The molecule has 1 aliphatic rings. The Morgan fingerprint density at radius 2 is 2.25 bits per heavy atom. The Morgan fingerprint density at radius 3 is 2.95 bits per heavy atom. The van der Waals surface area contributed by atoms with Gasteiger partial charge in [0.2, 0.25) is 0 Å². The van der Waals surface area contributed by atoms with Crippen LogP contribution in [0, 0.1) is 5.41 Å². The smallest absolute Gasteiger partial charge is 0.250 e. The summed E-state index contributed by atoms with van der Waals surface area (Å²) < 4.78 is 6.75. The molecule has 1 atom stereocenters. The first-order valence-electron chi connectivity index (χ1n) is 7.46. The second-order valence-corrected chi connectivity index (χ2v) is 6.54.